The molecule has 0 aliphatic heterocycles. The molecule has 2 rings (SSSR count). The van der Waals surface area contributed by atoms with Crippen LogP contribution >= 0.6 is 11.6 Å². The third-order valence-corrected chi connectivity index (χ3v) is 3.43. The fourth-order valence-corrected chi connectivity index (χ4v) is 2.10. The number of hydrazine groups is 1. The van der Waals surface area contributed by atoms with Crippen LogP contribution in [0.3, 0.4) is 0 Å². The zero-order valence-corrected chi connectivity index (χ0v) is 13.4. The molecule has 2 amide bonds. The molecule has 4 nitrogen and oxygen atoms in total. The van der Waals surface area contributed by atoms with Gasteiger partial charge in [0, 0.05) is 16.7 Å². The van der Waals surface area contributed by atoms with Crippen LogP contribution in [0.2, 0.25) is 5.02 Å². The number of carbonyl (C=O) groups is 2. The van der Waals surface area contributed by atoms with Crippen molar-refractivity contribution in [1.82, 2.24) is 10.9 Å². The normalized spacial score (nSPS) is 10.5. The van der Waals surface area contributed by atoms with Gasteiger partial charge < -0.3 is 0 Å². The third kappa shape index (κ3) is 5.27. The van der Waals surface area contributed by atoms with Gasteiger partial charge in [0.15, 0.2) is 0 Å². The first-order valence-corrected chi connectivity index (χ1v) is 7.59. The van der Waals surface area contributed by atoms with Crippen LogP contribution in [0.15, 0.2) is 54.6 Å². The minimum Gasteiger partial charge on any atom is -0.268 e. The summed E-state index contributed by atoms with van der Waals surface area (Å²) < 4.78 is 0. The summed E-state index contributed by atoms with van der Waals surface area (Å²) in [5, 5.41) is 0.594. The minimum absolute atomic E-state index is 0.364. The maximum absolute atomic E-state index is 11.9. The molecule has 2 aromatic carbocycles. The van der Waals surface area contributed by atoms with Crippen molar-refractivity contribution in [2.45, 2.75) is 13.3 Å². The van der Waals surface area contributed by atoms with Crippen molar-refractivity contribution >= 4 is 29.5 Å². The summed E-state index contributed by atoms with van der Waals surface area (Å²) in [6, 6.07) is 14.3. The zero-order valence-electron chi connectivity index (χ0n) is 12.7. The van der Waals surface area contributed by atoms with Crippen molar-refractivity contribution in [3.8, 4) is 0 Å². The van der Waals surface area contributed by atoms with E-state index >= 15 is 0 Å². The van der Waals surface area contributed by atoms with Gasteiger partial charge in [-0.25, -0.2) is 0 Å². The maximum atomic E-state index is 11.9. The zero-order chi connectivity index (χ0) is 16.7. The summed E-state index contributed by atoms with van der Waals surface area (Å²) in [5.74, 6) is -0.791. The molecule has 0 aliphatic carbocycles. The van der Waals surface area contributed by atoms with Crippen molar-refractivity contribution in [3.05, 3.63) is 76.3 Å². The first-order valence-electron chi connectivity index (χ1n) is 7.21. The Kier molecular flexibility index (Phi) is 5.94. The Morgan fingerprint density at radius 3 is 2.48 bits per heavy atom. The van der Waals surface area contributed by atoms with Crippen LogP contribution in [0.25, 0.3) is 6.08 Å². The van der Waals surface area contributed by atoms with E-state index in [1.807, 2.05) is 25.1 Å². The smallest absolute Gasteiger partial charge is 0.268 e. The van der Waals surface area contributed by atoms with E-state index in [0.717, 1.165) is 17.5 Å². The van der Waals surface area contributed by atoms with Gasteiger partial charge in [-0.3, -0.25) is 20.4 Å². The summed E-state index contributed by atoms with van der Waals surface area (Å²) in [4.78, 5) is 23.6. The molecule has 0 spiro atoms. The Balaban J connectivity index is 1.87. The second-order valence-corrected chi connectivity index (χ2v) is 5.32. The van der Waals surface area contributed by atoms with Crippen molar-refractivity contribution in [2.24, 2.45) is 0 Å². The second kappa shape index (κ2) is 8.15. The molecule has 118 valence electrons. The molecule has 0 unspecified atom stereocenters. The number of hydrogen-bond acceptors (Lipinski definition) is 2. The molecule has 0 bridgehead atoms. The predicted molar refractivity (Wildman–Crippen MR) is 91.9 cm³/mol. The van der Waals surface area contributed by atoms with Gasteiger partial charge in [-0.05, 0) is 47.9 Å². The number of benzene rings is 2. The molecule has 0 atom stereocenters. The monoisotopic (exact) mass is 328 g/mol. The number of amides is 2. The Labute approximate surface area is 140 Å². The molecule has 0 fully saturated rings. The van der Waals surface area contributed by atoms with Crippen LogP contribution in [0.4, 0.5) is 0 Å². The van der Waals surface area contributed by atoms with Crippen molar-refractivity contribution in [3.63, 3.8) is 0 Å². The van der Waals surface area contributed by atoms with E-state index in [4.69, 9.17) is 11.6 Å². The van der Waals surface area contributed by atoms with E-state index in [-0.39, 0.29) is 5.91 Å². The highest BCUT2D eigenvalue weighted by Crippen LogP contribution is 2.11. The lowest BCUT2D eigenvalue weighted by Crippen LogP contribution is -2.40. The van der Waals surface area contributed by atoms with E-state index in [1.54, 1.807) is 36.4 Å². The van der Waals surface area contributed by atoms with Crippen LogP contribution in [-0.2, 0) is 11.2 Å². The van der Waals surface area contributed by atoms with Gasteiger partial charge in [0.05, 0.1) is 0 Å². The summed E-state index contributed by atoms with van der Waals surface area (Å²) in [6.45, 7) is 2.04. The molecule has 0 aliphatic rings. The van der Waals surface area contributed by atoms with Gasteiger partial charge in [0.1, 0.15) is 0 Å². The fourth-order valence-electron chi connectivity index (χ4n) is 1.91. The van der Waals surface area contributed by atoms with Gasteiger partial charge in [-0.2, -0.15) is 0 Å². The summed E-state index contributed by atoms with van der Waals surface area (Å²) >= 11 is 5.86. The molecule has 0 saturated heterocycles. The van der Waals surface area contributed by atoms with E-state index in [2.05, 4.69) is 10.9 Å². The van der Waals surface area contributed by atoms with Gasteiger partial charge in [0.25, 0.3) is 11.8 Å². The van der Waals surface area contributed by atoms with Crippen molar-refractivity contribution in [1.29, 1.82) is 0 Å². The molecule has 0 saturated carbocycles. The topological polar surface area (TPSA) is 58.2 Å². The van der Waals surface area contributed by atoms with E-state index in [9.17, 15) is 9.59 Å². The van der Waals surface area contributed by atoms with Crippen LogP contribution in [0, 0.1) is 0 Å². The Morgan fingerprint density at radius 1 is 1.09 bits per heavy atom. The summed E-state index contributed by atoms with van der Waals surface area (Å²) in [7, 11) is 0. The van der Waals surface area contributed by atoms with E-state index in [1.165, 1.54) is 6.08 Å². The Morgan fingerprint density at radius 2 is 1.83 bits per heavy atom. The first-order chi connectivity index (χ1) is 11.1. The lowest BCUT2D eigenvalue weighted by Gasteiger charge is -2.06. The Bertz CT molecular complexity index is 724. The molecule has 5 heteroatoms. The van der Waals surface area contributed by atoms with Gasteiger partial charge in [0.2, 0.25) is 0 Å². The van der Waals surface area contributed by atoms with Crippen LogP contribution < -0.4 is 10.9 Å². The van der Waals surface area contributed by atoms with Gasteiger partial charge in [-0.15, -0.1) is 0 Å². The predicted octanol–water partition coefficient (Wildman–Crippen LogP) is 3.38. The van der Waals surface area contributed by atoms with Gasteiger partial charge in [-0.1, -0.05) is 42.8 Å². The van der Waals surface area contributed by atoms with Gasteiger partial charge >= 0.3 is 0 Å². The van der Waals surface area contributed by atoms with Crippen LogP contribution in [-0.4, -0.2) is 11.8 Å². The fraction of sp³-hybridized carbons (Fsp3) is 0.111. The maximum Gasteiger partial charge on any atom is 0.269 e. The number of rotatable bonds is 4. The van der Waals surface area contributed by atoms with E-state index < -0.39 is 5.91 Å². The highest BCUT2D eigenvalue weighted by Gasteiger charge is 2.05. The average Bonchev–Trinajstić information content (AvgIpc) is 2.58. The number of carbonyl (C=O) groups excluding carboxylic acids is 2. The Hall–Kier alpha value is -2.59. The number of aryl methyl sites for hydroxylation is 1. The van der Waals surface area contributed by atoms with Crippen LogP contribution in [0.1, 0.15) is 28.4 Å². The molecule has 0 radical (unpaired) electrons. The first kappa shape index (κ1) is 16.8. The van der Waals surface area contributed by atoms with E-state index in [0.29, 0.717) is 10.6 Å². The molecule has 2 N–H and O–H groups in total. The number of hydrogen-bond donors (Lipinski definition) is 2. The van der Waals surface area contributed by atoms with Crippen LogP contribution in [0.5, 0.6) is 0 Å². The second-order valence-electron chi connectivity index (χ2n) is 4.88. The molecule has 0 aromatic heterocycles. The molecule has 23 heavy (non-hydrogen) atoms. The lowest BCUT2D eigenvalue weighted by molar-refractivity contribution is -0.117. The number of halogens is 1. The SMILES string of the molecule is CCc1ccc(C(=O)NNC(=O)/C=C/c2cccc(Cl)c2)cc1. The minimum atomic E-state index is -0.427. The highest BCUT2D eigenvalue weighted by atomic mass is 35.5. The molecule has 2 aromatic rings. The molecular formula is C18H17ClN2O2. The lowest BCUT2D eigenvalue weighted by atomic mass is 10.1. The standard InChI is InChI=1S/C18H17ClN2O2/c1-2-13-6-9-15(10-7-13)18(23)21-20-17(22)11-8-14-4-3-5-16(19)12-14/h3-12H,2H2,1H3,(H,20,22)(H,21,23)/b11-8+. The third-order valence-electron chi connectivity index (χ3n) is 3.20. The summed E-state index contributed by atoms with van der Waals surface area (Å²) in [5.41, 5.74) is 7.14. The molecule has 0 heterocycles. The largest absolute Gasteiger partial charge is 0.269 e. The van der Waals surface area contributed by atoms with Crippen molar-refractivity contribution in [2.75, 3.05) is 0 Å². The highest BCUT2D eigenvalue weighted by molar-refractivity contribution is 6.30. The van der Waals surface area contributed by atoms with Crippen molar-refractivity contribution < 1.29 is 9.59 Å². The average molecular weight is 329 g/mol. The summed E-state index contributed by atoms with van der Waals surface area (Å²) in [6.07, 6.45) is 3.85. The quantitative estimate of drug-likeness (QED) is 0.667. The molecular weight excluding hydrogens is 312 g/mol. The number of nitrogens with one attached hydrogen (secondary N) is 2.